The quantitative estimate of drug-likeness (QED) is 0.149. The zero-order chi connectivity index (χ0) is 31.2. The molecule has 2 fully saturated rings. The molecule has 2 aromatic carbocycles. The highest BCUT2D eigenvalue weighted by Gasteiger charge is 2.46. The van der Waals surface area contributed by atoms with E-state index in [1.165, 1.54) is 44.4 Å². The maximum absolute atomic E-state index is 10.6. The van der Waals surface area contributed by atoms with Crippen LogP contribution >= 0.6 is 0 Å². The summed E-state index contributed by atoms with van der Waals surface area (Å²) in [6, 6.07) is 8.02. The standard InChI is InChI=1S/C28H32O15/c1-10-20(32)22(34)24(36)27(39-10)42-18-8-13-15(40-26(18)11-3-4-14(31)17(5-11)38-2)6-12(30)7-16(13)41-28-25(37)23(35)21(33)19(9-29)43-28/h3-8,10,19-25,27-29,32-37H,9H2,1-2H3,(H-,30,31)/p+1/t10-,19-,20+,21-,22-,23+,24+,25-,27+,28-/m1/s1. The van der Waals surface area contributed by atoms with Gasteiger partial charge < -0.3 is 69.6 Å². The van der Waals surface area contributed by atoms with Crippen LogP contribution in [-0.2, 0) is 9.47 Å². The number of hydrogen-bond donors (Lipinski definition) is 9. The van der Waals surface area contributed by atoms with Gasteiger partial charge in [0, 0.05) is 18.2 Å². The highest BCUT2D eigenvalue weighted by Crippen LogP contribution is 2.43. The molecule has 0 amide bonds. The van der Waals surface area contributed by atoms with Crippen LogP contribution < -0.4 is 14.2 Å². The molecule has 3 aromatic rings. The zero-order valence-corrected chi connectivity index (χ0v) is 22.9. The molecule has 2 aliphatic heterocycles. The summed E-state index contributed by atoms with van der Waals surface area (Å²) in [7, 11) is 1.34. The number of rotatable bonds is 7. The summed E-state index contributed by atoms with van der Waals surface area (Å²) in [6.07, 6.45) is -15.1. The third kappa shape index (κ3) is 5.86. The average Bonchev–Trinajstić information content (AvgIpc) is 2.99. The van der Waals surface area contributed by atoms with E-state index in [0.29, 0.717) is 5.56 Å². The lowest BCUT2D eigenvalue weighted by Crippen LogP contribution is -2.60. The minimum atomic E-state index is -1.76. The first kappa shape index (κ1) is 30.9. The predicted molar refractivity (Wildman–Crippen MR) is 143 cm³/mol. The van der Waals surface area contributed by atoms with Crippen LogP contribution in [0.5, 0.6) is 28.7 Å². The van der Waals surface area contributed by atoms with Crippen LogP contribution in [0, 0.1) is 0 Å². The van der Waals surface area contributed by atoms with E-state index in [1.54, 1.807) is 0 Å². The number of phenols is 2. The van der Waals surface area contributed by atoms with Gasteiger partial charge in [-0.3, -0.25) is 0 Å². The minimum Gasteiger partial charge on any atom is -0.507 e. The van der Waals surface area contributed by atoms with Crippen molar-refractivity contribution in [2.45, 2.75) is 68.3 Å². The van der Waals surface area contributed by atoms with Crippen LogP contribution in [0.1, 0.15) is 6.92 Å². The second-order valence-corrected chi connectivity index (χ2v) is 10.3. The molecule has 2 saturated heterocycles. The van der Waals surface area contributed by atoms with Crippen LogP contribution in [0.2, 0.25) is 0 Å². The van der Waals surface area contributed by atoms with Gasteiger partial charge in [0.2, 0.25) is 18.3 Å². The molecule has 0 aliphatic carbocycles. The van der Waals surface area contributed by atoms with Crippen LogP contribution in [0.25, 0.3) is 22.3 Å². The summed E-state index contributed by atoms with van der Waals surface area (Å²) in [5.41, 5.74) is 0.327. The number of aliphatic hydroxyl groups excluding tert-OH is 7. The molecule has 5 rings (SSSR count). The fraction of sp³-hybridized carbons (Fsp3) is 0.464. The van der Waals surface area contributed by atoms with Crippen molar-refractivity contribution in [2.75, 3.05) is 13.7 Å². The fourth-order valence-electron chi connectivity index (χ4n) is 4.90. The Hall–Kier alpha value is -3.51. The molecular weight excluding hydrogens is 576 g/mol. The van der Waals surface area contributed by atoms with Crippen LogP contribution in [0.3, 0.4) is 0 Å². The van der Waals surface area contributed by atoms with E-state index >= 15 is 0 Å². The number of aliphatic hydroxyl groups is 7. The van der Waals surface area contributed by atoms with E-state index in [-0.39, 0.29) is 45.5 Å². The second-order valence-electron chi connectivity index (χ2n) is 10.3. The van der Waals surface area contributed by atoms with Crippen molar-refractivity contribution in [2.24, 2.45) is 0 Å². The van der Waals surface area contributed by atoms with Gasteiger partial charge in [0.1, 0.15) is 59.6 Å². The van der Waals surface area contributed by atoms with E-state index in [4.69, 9.17) is 28.1 Å². The Bertz CT molecular complexity index is 1450. The molecule has 3 heterocycles. The molecule has 0 spiro atoms. The topological polar surface area (TPSA) is 240 Å². The number of aromatic hydroxyl groups is 2. The summed E-state index contributed by atoms with van der Waals surface area (Å²) < 4.78 is 34.1. The van der Waals surface area contributed by atoms with Crippen molar-refractivity contribution in [3.8, 4) is 40.1 Å². The Morgan fingerprint density at radius 3 is 2.07 bits per heavy atom. The molecule has 43 heavy (non-hydrogen) atoms. The van der Waals surface area contributed by atoms with E-state index < -0.39 is 68.0 Å². The van der Waals surface area contributed by atoms with Gasteiger partial charge in [-0.2, -0.15) is 0 Å². The predicted octanol–water partition coefficient (Wildman–Crippen LogP) is -0.814. The second kappa shape index (κ2) is 12.2. The lowest BCUT2D eigenvalue weighted by Gasteiger charge is -2.39. The Labute approximate surface area is 243 Å². The SMILES string of the molecule is COc1cc(-c2[o+]c3cc(O)cc(O[C@@H]4O[C@H](CO)[C@@H](O)[C@H](O)[C@H]4O)c3cc2O[C@@H]2O[C@H](C)[C@H](O)[C@@H](O)[C@@H]2O)ccc1O. The van der Waals surface area contributed by atoms with Gasteiger partial charge in [-0.25, -0.2) is 4.42 Å². The first-order chi connectivity index (χ1) is 20.4. The van der Waals surface area contributed by atoms with Gasteiger partial charge in [-0.05, 0) is 19.1 Å². The Kier molecular flexibility index (Phi) is 8.80. The summed E-state index contributed by atoms with van der Waals surface area (Å²) in [5.74, 6) is -0.655. The van der Waals surface area contributed by atoms with Gasteiger partial charge >= 0.3 is 11.3 Å². The van der Waals surface area contributed by atoms with Crippen molar-refractivity contribution in [3.05, 3.63) is 36.4 Å². The molecule has 10 atom stereocenters. The molecular formula is C28H33O15+. The monoisotopic (exact) mass is 609 g/mol. The summed E-state index contributed by atoms with van der Waals surface area (Å²) in [5, 5.41) is 92.0. The van der Waals surface area contributed by atoms with Crippen LogP contribution in [-0.4, -0.2) is 121 Å². The number of benzene rings is 2. The van der Waals surface area contributed by atoms with Gasteiger partial charge in [-0.1, -0.05) is 0 Å². The van der Waals surface area contributed by atoms with Crippen LogP contribution in [0.4, 0.5) is 0 Å². The number of methoxy groups -OCH3 is 1. The lowest BCUT2D eigenvalue weighted by molar-refractivity contribution is -0.277. The Balaban J connectivity index is 1.62. The molecule has 1 aromatic heterocycles. The van der Waals surface area contributed by atoms with E-state index in [2.05, 4.69) is 0 Å². The van der Waals surface area contributed by atoms with Crippen molar-refractivity contribution < 1.29 is 74.1 Å². The molecule has 0 unspecified atom stereocenters. The van der Waals surface area contributed by atoms with E-state index in [9.17, 15) is 46.0 Å². The third-order valence-electron chi connectivity index (χ3n) is 7.39. The van der Waals surface area contributed by atoms with Gasteiger partial charge in [0.05, 0.1) is 31.5 Å². The van der Waals surface area contributed by atoms with Gasteiger partial charge in [0.25, 0.3) is 0 Å². The highest BCUT2D eigenvalue weighted by molar-refractivity contribution is 5.89. The number of ether oxygens (including phenoxy) is 5. The molecule has 2 aliphatic rings. The largest absolute Gasteiger partial charge is 0.507 e. The molecule has 9 N–H and O–H groups in total. The molecule has 15 nitrogen and oxygen atoms in total. The first-order valence-corrected chi connectivity index (χ1v) is 13.3. The fourth-order valence-corrected chi connectivity index (χ4v) is 4.90. The minimum absolute atomic E-state index is 0.000690. The Morgan fingerprint density at radius 1 is 0.744 bits per heavy atom. The zero-order valence-electron chi connectivity index (χ0n) is 22.9. The Morgan fingerprint density at radius 2 is 1.40 bits per heavy atom. The summed E-state index contributed by atoms with van der Waals surface area (Å²) in [4.78, 5) is 0. The number of hydrogen-bond acceptors (Lipinski definition) is 14. The van der Waals surface area contributed by atoms with Gasteiger partial charge in [0.15, 0.2) is 11.5 Å². The average molecular weight is 610 g/mol. The number of fused-ring (bicyclic) bond motifs is 1. The third-order valence-corrected chi connectivity index (χ3v) is 7.39. The summed E-state index contributed by atoms with van der Waals surface area (Å²) in [6.45, 7) is 0.781. The first-order valence-electron chi connectivity index (χ1n) is 13.3. The number of phenolic OH excluding ortho intramolecular Hbond substituents is 2. The smallest absolute Gasteiger partial charge is 0.402 e. The lowest BCUT2D eigenvalue weighted by atomic mass is 9.99. The maximum Gasteiger partial charge on any atom is 0.402 e. The highest BCUT2D eigenvalue weighted by atomic mass is 16.7. The normalized spacial score (nSPS) is 32.9. The maximum atomic E-state index is 10.6. The molecule has 234 valence electrons. The molecule has 0 saturated carbocycles. The van der Waals surface area contributed by atoms with Crippen molar-refractivity contribution in [3.63, 3.8) is 0 Å². The molecule has 0 bridgehead atoms. The van der Waals surface area contributed by atoms with Gasteiger partial charge in [-0.15, -0.1) is 0 Å². The summed E-state index contributed by atoms with van der Waals surface area (Å²) >= 11 is 0. The molecule has 15 heteroatoms. The van der Waals surface area contributed by atoms with Crippen molar-refractivity contribution >= 4 is 11.0 Å². The van der Waals surface area contributed by atoms with Crippen molar-refractivity contribution in [1.82, 2.24) is 0 Å². The van der Waals surface area contributed by atoms with E-state index in [0.717, 1.165) is 6.07 Å². The van der Waals surface area contributed by atoms with Crippen molar-refractivity contribution in [1.29, 1.82) is 0 Å². The van der Waals surface area contributed by atoms with Crippen LogP contribution in [0.15, 0.2) is 40.8 Å². The molecule has 0 radical (unpaired) electrons. The van der Waals surface area contributed by atoms with E-state index in [1.807, 2.05) is 0 Å².